The van der Waals surface area contributed by atoms with Crippen molar-refractivity contribution >= 4 is 11.6 Å². The topological polar surface area (TPSA) is 27.7 Å². The molecule has 1 aliphatic rings. The monoisotopic (exact) mass is 256 g/mol. The summed E-state index contributed by atoms with van der Waals surface area (Å²) in [4.78, 5) is 0. The zero-order chi connectivity index (χ0) is 12.3. The van der Waals surface area contributed by atoms with Crippen molar-refractivity contribution in [2.75, 3.05) is 26.7 Å². The molecule has 4 heteroatoms. The van der Waals surface area contributed by atoms with Crippen molar-refractivity contribution in [3.05, 3.63) is 23.3 Å². The van der Waals surface area contributed by atoms with Crippen LogP contribution in [0.3, 0.4) is 0 Å². The van der Waals surface area contributed by atoms with Crippen LogP contribution in [0.5, 0.6) is 11.5 Å². The summed E-state index contributed by atoms with van der Waals surface area (Å²) in [5, 5.41) is 0. The van der Waals surface area contributed by atoms with Crippen molar-refractivity contribution < 1.29 is 14.2 Å². The van der Waals surface area contributed by atoms with Crippen LogP contribution in [-0.4, -0.2) is 26.7 Å². The van der Waals surface area contributed by atoms with Crippen LogP contribution in [0.4, 0.5) is 0 Å². The Morgan fingerprint density at radius 3 is 2.65 bits per heavy atom. The molecule has 0 saturated heterocycles. The van der Waals surface area contributed by atoms with Gasteiger partial charge in [0.15, 0.2) is 11.5 Å². The maximum Gasteiger partial charge on any atom is 0.161 e. The van der Waals surface area contributed by atoms with Crippen LogP contribution < -0.4 is 9.47 Å². The number of hydrogen-bond acceptors (Lipinski definition) is 3. The molecule has 1 aliphatic heterocycles. The summed E-state index contributed by atoms with van der Waals surface area (Å²) in [7, 11) is 3.30. The Bertz CT molecular complexity index is 392. The number of methoxy groups -OCH3 is 2. The molecular weight excluding hydrogens is 240 g/mol. The number of hydrogen-bond donors (Lipinski definition) is 0. The molecule has 3 nitrogen and oxygen atoms in total. The minimum Gasteiger partial charge on any atom is -0.493 e. The second-order valence-corrected chi connectivity index (χ2v) is 4.37. The van der Waals surface area contributed by atoms with Gasteiger partial charge in [0, 0.05) is 5.88 Å². The molecule has 1 heterocycles. The normalized spacial score (nSPS) is 18.6. The standard InChI is InChI=1S/C13H17ClO3/c1-15-12-7-9-4-6-17-11(3-5-14)10(9)8-13(12)16-2/h7-8,11H,3-6H2,1-2H3/t11-/m1/s1. The molecule has 0 unspecified atom stereocenters. The molecular formula is C13H17ClO3. The second-order valence-electron chi connectivity index (χ2n) is 3.99. The Balaban J connectivity index is 2.39. The van der Waals surface area contributed by atoms with E-state index in [9.17, 15) is 0 Å². The molecule has 1 aromatic carbocycles. The Morgan fingerprint density at radius 2 is 2.00 bits per heavy atom. The van der Waals surface area contributed by atoms with Gasteiger partial charge >= 0.3 is 0 Å². The number of ether oxygens (including phenoxy) is 3. The fourth-order valence-corrected chi connectivity index (χ4v) is 2.39. The predicted octanol–water partition coefficient (Wildman–Crippen LogP) is 2.95. The van der Waals surface area contributed by atoms with E-state index in [2.05, 4.69) is 0 Å². The van der Waals surface area contributed by atoms with Crippen molar-refractivity contribution in [1.82, 2.24) is 0 Å². The van der Waals surface area contributed by atoms with E-state index in [0.717, 1.165) is 30.9 Å². The summed E-state index contributed by atoms with van der Waals surface area (Å²) < 4.78 is 16.4. The lowest BCUT2D eigenvalue weighted by atomic mass is 9.95. The number of rotatable bonds is 4. The highest BCUT2D eigenvalue weighted by atomic mass is 35.5. The molecule has 0 aromatic heterocycles. The van der Waals surface area contributed by atoms with E-state index < -0.39 is 0 Å². The van der Waals surface area contributed by atoms with Gasteiger partial charge < -0.3 is 14.2 Å². The van der Waals surface area contributed by atoms with Gasteiger partial charge in [-0.3, -0.25) is 0 Å². The van der Waals surface area contributed by atoms with Gasteiger partial charge in [0.05, 0.1) is 26.9 Å². The van der Waals surface area contributed by atoms with Crippen LogP contribution in [0.2, 0.25) is 0 Å². The Labute approximate surface area is 107 Å². The molecule has 0 bridgehead atoms. The first-order chi connectivity index (χ1) is 8.30. The van der Waals surface area contributed by atoms with E-state index in [-0.39, 0.29) is 6.10 Å². The van der Waals surface area contributed by atoms with Crippen LogP contribution in [0.15, 0.2) is 12.1 Å². The zero-order valence-corrected chi connectivity index (χ0v) is 10.9. The second kappa shape index (κ2) is 5.61. The minimum atomic E-state index is 0.0797. The van der Waals surface area contributed by atoms with Gasteiger partial charge in [-0.25, -0.2) is 0 Å². The van der Waals surface area contributed by atoms with Crippen molar-refractivity contribution in [3.63, 3.8) is 0 Å². The van der Waals surface area contributed by atoms with Crippen molar-refractivity contribution in [2.45, 2.75) is 18.9 Å². The van der Waals surface area contributed by atoms with Gasteiger partial charge in [0.25, 0.3) is 0 Å². The average molecular weight is 257 g/mol. The third kappa shape index (κ3) is 2.50. The summed E-state index contributed by atoms with van der Waals surface area (Å²) in [6, 6.07) is 4.04. The lowest BCUT2D eigenvalue weighted by Crippen LogP contribution is -2.17. The molecule has 94 valence electrons. The van der Waals surface area contributed by atoms with Gasteiger partial charge in [0.1, 0.15) is 0 Å². The van der Waals surface area contributed by atoms with Gasteiger partial charge in [-0.05, 0) is 36.1 Å². The molecule has 1 aromatic rings. The van der Waals surface area contributed by atoms with Crippen molar-refractivity contribution in [3.8, 4) is 11.5 Å². The molecule has 0 amide bonds. The van der Waals surface area contributed by atoms with Crippen molar-refractivity contribution in [1.29, 1.82) is 0 Å². The van der Waals surface area contributed by atoms with Gasteiger partial charge in [-0.2, -0.15) is 0 Å². The van der Waals surface area contributed by atoms with Crippen LogP contribution in [-0.2, 0) is 11.2 Å². The maximum absolute atomic E-state index is 5.80. The molecule has 0 radical (unpaired) electrons. The Hall–Kier alpha value is -0.930. The summed E-state index contributed by atoms with van der Waals surface area (Å²) in [6.45, 7) is 0.740. The highest BCUT2D eigenvalue weighted by molar-refractivity contribution is 6.17. The Morgan fingerprint density at radius 1 is 1.29 bits per heavy atom. The van der Waals surface area contributed by atoms with Crippen LogP contribution in [0.1, 0.15) is 23.7 Å². The van der Waals surface area contributed by atoms with E-state index in [1.807, 2.05) is 12.1 Å². The molecule has 0 saturated carbocycles. The van der Waals surface area contributed by atoms with Crippen LogP contribution in [0, 0.1) is 0 Å². The first kappa shape index (κ1) is 12.5. The largest absolute Gasteiger partial charge is 0.493 e. The smallest absolute Gasteiger partial charge is 0.161 e. The third-order valence-corrected chi connectivity index (χ3v) is 3.27. The van der Waals surface area contributed by atoms with Crippen molar-refractivity contribution in [2.24, 2.45) is 0 Å². The molecule has 2 rings (SSSR count). The number of fused-ring (bicyclic) bond motifs is 1. The molecule has 0 N–H and O–H groups in total. The molecule has 0 aliphatic carbocycles. The summed E-state index contributed by atoms with van der Waals surface area (Å²) >= 11 is 5.80. The summed E-state index contributed by atoms with van der Waals surface area (Å²) in [5.41, 5.74) is 2.44. The number of benzene rings is 1. The first-order valence-corrected chi connectivity index (χ1v) is 6.26. The van der Waals surface area contributed by atoms with Crippen LogP contribution >= 0.6 is 11.6 Å². The molecule has 0 fully saturated rings. The van der Waals surface area contributed by atoms with Crippen LogP contribution in [0.25, 0.3) is 0 Å². The quantitative estimate of drug-likeness (QED) is 0.776. The fourth-order valence-electron chi connectivity index (χ4n) is 2.19. The van der Waals surface area contributed by atoms with Gasteiger partial charge in [0.2, 0.25) is 0 Å². The average Bonchev–Trinajstić information content (AvgIpc) is 2.38. The minimum absolute atomic E-state index is 0.0797. The van der Waals surface area contributed by atoms with E-state index in [0.29, 0.717) is 5.88 Å². The van der Waals surface area contributed by atoms with E-state index in [1.165, 1.54) is 11.1 Å². The summed E-state index contributed by atoms with van der Waals surface area (Å²) in [5.74, 6) is 2.12. The Kier molecular flexibility index (Phi) is 4.13. The first-order valence-electron chi connectivity index (χ1n) is 5.72. The molecule has 0 spiro atoms. The lowest BCUT2D eigenvalue weighted by Gasteiger charge is -2.26. The zero-order valence-electron chi connectivity index (χ0n) is 10.2. The highest BCUT2D eigenvalue weighted by Gasteiger charge is 2.23. The SMILES string of the molecule is COc1cc2c(cc1OC)[C@@H](CCCl)OCC2. The third-order valence-electron chi connectivity index (χ3n) is 3.05. The lowest BCUT2D eigenvalue weighted by molar-refractivity contribution is 0.0402. The number of alkyl halides is 1. The fraction of sp³-hybridized carbons (Fsp3) is 0.538. The number of halogens is 1. The van der Waals surface area contributed by atoms with E-state index in [1.54, 1.807) is 14.2 Å². The maximum atomic E-state index is 5.80. The molecule has 1 atom stereocenters. The highest BCUT2D eigenvalue weighted by Crippen LogP contribution is 2.38. The van der Waals surface area contributed by atoms with E-state index in [4.69, 9.17) is 25.8 Å². The predicted molar refractivity (Wildman–Crippen MR) is 67.3 cm³/mol. The molecule has 17 heavy (non-hydrogen) atoms. The van der Waals surface area contributed by atoms with Gasteiger partial charge in [-0.15, -0.1) is 11.6 Å². The van der Waals surface area contributed by atoms with Gasteiger partial charge in [-0.1, -0.05) is 0 Å². The van der Waals surface area contributed by atoms with E-state index >= 15 is 0 Å². The summed E-state index contributed by atoms with van der Waals surface area (Å²) in [6.07, 6.45) is 1.81.